The van der Waals surface area contributed by atoms with Crippen LogP contribution in [0.25, 0.3) is 0 Å². The molecule has 1 rings (SSSR count). The lowest BCUT2D eigenvalue weighted by Gasteiger charge is -2.32. The molecule has 5 heteroatoms. The summed E-state index contributed by atoms with van der Waals surface area (Å²) in [5.41, 5.74) is 0.0546. The fraction of sp³-hybridized carbons (Fsp3) is 0.929. The Hall–Kier alpha value is -0.320. The van der Waals surface area contributed by atoms with Crippen molar-refractivity contribution in [1.82, 2.24) is 10.6 Å². The van der Waals surface area contributed by atoms with Crippen LogP contribution in [0.15, 0.2) is 0 Å². The van der Waals surface area contributed by atoms with Crippen molar-refractivity contribution in [3.63, 3.8) is 0 Å². The van der Waals surface area contributed by atoms with Crippen molar-refractivity contribution >= 4 is 18.3 Å². The third-order valence-electron chi connectivity index (χ3n) is 4.41. The van der Waals surface area contributed by atoms with Gasteiger partial charge in [0.2, 0.25) is 5.91 Å². The van der Waals surface area contributed by atoms with Crippen LogP contribution in [0, 0.1) is 5.41 Å². The summed E-state index contributed by atoms with van der Waals surface area (Å²) in [7, 11) is 0. The fourth-order valence-electron chi connectivity index (χ4n) is 2.65. The lowest BCUT2D eigenvalue weighted by Crippen LogP contribution is -2.49. The Labute approximate surface area is 123 Å². The lowest BCUT2D eigenvalue weighted by atomic mass is 9.79. The largest absolute Gasteiger partial charge is 0.396 e. The predicted octanol–water partition coefficient (Wildman–Crippen LogP) is 1.86. The standard InChI is InChI=1S/C14H28N2O2.ClH/c1-3-14(4-2,8-10-17)11-16-13(18)12-7-5-6-9-15-12;/h12,15,17H,3-11H2,1-2H3,(H,16,18);1H. The Kier molecular flexibility index (Phi) is 9.40. The van der Waals surface area contributed by atoms with E-state index in [4.69, 9.17) is 5.11 Å². The molecule has 4 nitrogen and oxygen atoms in total. The van der Waals surface area contributed by atoms with E-state index in [1.54, 1.807) is 0 Å². The summed E-state index contributed by atoms with van der Waals surface area (Å²) >= 11 is 0. The Bertz CT molecular complexity index is 252. The van der Waals surface area contributed by atoms with Gasteiger partial charge in [-0.3, -0.25) is 4.79 Å². The van der Waals surface area contributed by atoms with E-state index in [0.717, 1.165) is 38.6 Å². The van der Waals surface area contributed by atoms with E-state index < -0.39 is 0 Å². The van der Waals surface area contributed by atoms with Crippen molar-refractivity contribution in [2.24, 2.45) is 5.41 Å². The summed E-state index contributed by atoms with van der Waals surface area (Å²) in [5, 5.41) is 15.5. The van der Waals surface area contributed by atoms with Crippen molar-refractivity contribution in [3.8, 4) is 0 Å². The Morgan fingerprint density at radius 2 is 2.05 bits per heavy atom. The third kappa shape index (κ3) is 5.67. The number of halogens is 1. The lowest BCUT2D eigenvalue weighted by molar-refractivity contribution is -0.124. The monoisotopic (exact) mass is 292 g/mol. The van der Waals surface area contributed by atoms with E-state index in [0.29, 0.717) is 6.54 Å². The molecule has 1 aliphatic heterocycles. The van der Waals surface area contributed by atoms with E-state index in [2.05, 4.69) is 24.5 Å². The maximum absolute atomic E-state index is 12.0. The molecule has 114 valence electrons. The van der Waals surface area contributed by atoms with Crippen molar-refractivity contribution < 1.29 is 9.90 Å². The molecule has 1 heterocycles. The van der Waals surface area contributed by atoms with E-state index in [1.165, 1.54) is 6.42 Å². The summed E-state index contributed by atoms with van der Waals surface area (Å²) in [6.45, 7) is 6.08. The van der Waals surface area contributed by atoms with Crippen LogP contribution >= 0.6 is 12.4 Å². The Morgan fingerprint density at radius 1 is 1.37 bits per heavy atom. The van der Waals surface area contributed by atoms with Crippen molar-refractivity contribution in [2.45, 2.75) is 58.4 Å². The molecule has 0 aromatic carbocycles. The minimum absolute atomic E-state index is 0. The topological polar surface area (TPSA) is 61.4 Å². The van der Waals surface area contributed by atoms with Gasteiger partial charge in [-0.1, -0.05) is 20.3 Å². The number of carbonyl (C=O) groups is 1. The molecule has 0 aliphatic carbocycles. The number of amides is 1. The van der Waals surface area contributed by atoms with Gasteiger partial charge in [0.25, 0.3) is 0 Å². The molecule has 1 unspecified atom stereocenters. The van der Waals surface area contributed by atoms with Crippen LogP contribution in [0.2, 0.25) is 0 Å². The first-order chi connectivity index (χ1) is 8.67. The summed E-state index contributed by atoms with van der Waals surface area (Å²) in [6, 6.07) is -0.0145. The zero-order chi connectivity index (χ0) is 13.4. The van der Waals surface area contributed by atoms with E-state index in [-0.39, 0.29) is 36.4 Å². The number of rotatable bonds is 7. The number of aliphatic hydroxyl groups is 1. The van der Waals surface area contributed by atoms with Crippen LogP contribution in [0.5, 0.6) is 0 Å². The number of piperidine rings is 1. The van der Waals surface area contributed by atoms with Gasteiger partial charge in [-0.15, -0.1) is 12.4 Å². The Morgan fingerprint density at radius 3 is 2.53 bits per heavy atom. The molecule has 1 saturated heterocycles. The second-order valence-corrected chi connectivity index (χ2v) is 5.40. The molecular formula is C14H29ClN2O2. The first-order valence-corrected chi connectivity index (χ1v) is 7.29. The van der Waals surface area contributed by atoms with Gasteiger partial charge in [0.1, 0.15) is 0 Å². The number of hydrogen-bond donors (Lipinski definition) is 3. The fourth-order valence-corrected chi connectivity index (χ4v) is 2.65. The van der Waals surface area contributed by atoms with E-state index in [1.807, 2.05) is 0 Å². The maximum Gasteiger partial charge on any atom is 0.237 e. The predicted molar refractivity (Wildman–Crippen MR) is 80.6 cm³/mol. The zero-order valence-corrected chi connectivity index (χ0v) is 13.0. The van der Waals surface area contributed by atoms with Gasteiger partial charge in [0.05, 0.1) is 6.04 Å². The molecule has 0 aromatic heterocycles. The highest BCUT2D eigenvalue weighted by atomic mass is 35.5. The summed E-state index contributed by atoms with van der Waals surface area (Å²) in [4.78, 5) is 12.0. The Balaban J connectivity index is 0.00000324. The molecule has 0 aromatic rings. The van der Waals surface area contributed by atoms with Gasteiger partial charge < -0.3 is 15.7 Å². The average molecular weight is 293 g/mol. The van der Waals surface area contributed by atoms with Crippen molar-refractivity contribution in [1.29, 1.82) is 0 Å². The van der Waals surface area contributed by atoms with E-state index in [9.17, 15) is 4.79 Å². The molecular weight excluding hydrogens is 264 g/mol. The molecule has 0 bridgehead atoms. The average Bonchev–Trinajstić information content (AvgIpc) is 2.44. The number of nitrogens with one attached hydrogen (secondary N) is 2. The molecule has 0 radical (unpaired) electrons. The maximum atomic E-state index is 12.0. The van der Waals surface area contributed by atoms with Gasteiger partial charge >= 0.3 is 0 Å². The highest BCUT2D eigenvalue weighted by Gasteiger charge is 2.28. The molecule has 1 atom stereocenters. The molecule has 1 aliphatic rings. The molecule has 0 saturated carbocycles. The van der Waals surface area contributed by atoms with Gasteiger partial charge in [-0.2, -0.15) is 0 Å². The molecule has 0 spiro atoms. The first-order valence-electron chi connectivity index (χ1n) is 7.29. The van der Waals surface area contributed by atoms with Gasteiger partial charge in [0, 0.05) is 13.2 Å². The van der Waals surface area contributed by atoms with Crippen LogP contribution in [0.4, 0.5) is 0 Å². The van der Waals surface area contributed by atoms with Crippen LogP contribution in [-0.2, 0) is 4.79 Å². The third-order valence-corrected chi connectivity index (χ3v) is 4.41. The van der Waals surface area contributed by atoms with Crippen LogP contribution in [0.3, 0.4) is 0 Å². The molecule has 19 heavy (non-hydrogen) atoms. The second-order valence-electron chi connectivity index (χ2n) is 5.40. The minimum Gasteiger partial charge on any atom is -0.396 e. The van der Waals surface area contributed by atoms with Crippen LogP contribution < -0.4 is 10.6 Å². The quantitative estimate of drug-likeness (QED) is 0.671. The second kappa shape index (κ2) is 9.56. The molecule has 1 amide bonds. The highest BCUT2D eigenvalue weighted by molar-refractivity contribution is 5.85. The zero-order valence-electron chi connectivity index (χ0n) is 12.2. The summed E-state index contributed by atoms with van der Waals surface area (Å²) in [5.74, 6) is 0.124. The number of aliphatic hydroxyl groups excluding tert-OH is 1. The van der Waals surface area contributed by atoms with Crippen molar-refractivity contribution in [2.75, 3.05) is 19.7 Å². The van der Waals surface area contributed by atoms with Crippen molar-refractivity contribution in [3.05, 3.63) is 0 Å². The SMILES string of the molecule is CCC(CC)(CCO)CNC(=O)C1CCCCN1.Cl. The van der Waals surface area contributed by atoms with E-state index >= 15 is 0 Å². The van der Waals surface area contributed by atoms with Crippen LogP contribution in [0.1, 0.15) is 52.4 Å². The summed E-state index contributed by atoms with van der Waals surface area (Å²) < 4.78 is 0. The smallest absolute Gasteiger partial charge is 0.237 e. The van der Waals surface area contributed by atoms with Gasteiger partial charge in [0.15, 0.2) is 0 Å². The molecule has 3 N–H and O–H groups in total. The van der Waals surface area contributed by atoms with Crippen LogP contribution in [-0.4, -0.2) is 36.8 Å². The van der Waals surface area contributed by atoms with Gasteiger partial charge in [-0.05, 0) is 44.1 Å². The number of carbonyl (C=O) groups excluding carboxylic acids is 1. The normalized spacial score (nSPS) is 19.6. The number of hydrogen-bond acceptors (Lipinski definition) is 3. The first kappa shape index (κ1) is 18.7. The highest BCUT2D eigenvalue weighted by Crippen LogP contribution is 2.29. The molecule has 1 fully saturated rings. The summed E-state index contributed by atoms with van der Waals surface area (Å²) in [6.07, 6.45) is 5.98. The van der Waals surface area contributed by atoms with Gasteiger partial charge in [-0.25, -0.2) is 0 Å². The minimum atomic E-state index is -0.0145.